The molecule has 0 fully saturated rings. The van der Waals surface area contributed by atoms with Crippen LogP contribution < -0.4 is 10.6 Å². The Bertz CT molecular complexity index is 1480. The number of nitriles is 1. The van der Waals surface area contributed by atoms with E-state index in [9.17, 15) is 14.9 Å². The van der Waals surface area contributed by atoms with E-state index in [2.05, 4.69) is 21.7 Å². The molecule has 36 heavy (non-hydrogen) atoms. The number of esters is 1. The monoisotopic (exact) mass is 534 g/mol. The van der Waals surface area contributed by atoms with E-state index in [1.54, 1.807) is 25.2 Å². The summed E-state index contributed by atoms with van der Waals surface area (Å²) in [5, 5.41) is 20.6. The average Bonchev–Trinajstić information content (AvgIpc) is 3.61. The minimum Gasteiger partial charge on any atom is -0.462 e. The van der Waals surface area contributed by atoms with Crippen LogP contribution in [0.1, 0.15) is 43.1 Å². The third kappa shape index (κ3) is 5.39. The number of anilines is 2. The molecule has 0 spiro atoms. The number of nitrogens with one attached hydrogen (secondary N) is 2. The first kappa shape index (κ1) is 25.3. The zero-order valence-electron chi connectivity index (χ0n) is 19.7. The molecule has 0 aliphatic heterocycles. The average molecular weight is 535 g/mol. The summed E-state index contributed by atoms with van der Waals surface area (Å²) in [4.78, 5) is 31.9. The molecule has 182 valence electrons. The second kappa shape index (κ2) is 11.3. The van der Waals surface area contributed by atoms with E-state index in [0.29, 0.717) is 31.7 Å². The molecule has 7 nitrogen and oxygen atoms in total. The number of amides is 1. The van der Waals surface area contributed by atoms with Crippen molar-refractivity contribution in [3.8, 4) is 16.6 Å². The molecule has 3 aromatic heterocycles. The summed E-state index contributed by atoms with van der Waals surface area (Å²) in [6.07, 6.45) is 1.51. The first-order chi connectivity index (χ1) is 17.4. The molecule has 0 aliphatic rings. The van der Waals surface area contributed by atoms with Crippen molar-refractivity contribution in [1.82, 2.24) is 4.98 Å². The first-order valence-corrected chi connectivity index (χ1v) is 13.5. The molecule has 0 atom stereocenters. The van der Waals surface area contributed by atoms with Gasteiger partial charge in [-0.3, -0.25) is 4.79 Å². The highest BCUT2D eigenvalue weighted by molar-refractivity contribution is 7.18. The summed E-state index contributed by atoms with van der Waals surface area (Å²) in [7, 11) is 0. The van der Waals surface area contributed by atoms with Crippen molar-refractivity contribution in [1.29, 1.82) is 5.26 Å². The molecular formula is C26H22N4O3S3. The third-order valence-corrected chi connectivity index (χ3v) is 8.19. The summed E-state index contributed by atoms with van der Waals surface area (Å²) in [5.74, 6) is -0.861. The van der Waals surface area contributed by atoms with Crippen molar-refractivity contribution in [2.45, 2.75) is 20.8 Å². The smallest absolute Gasteiger partial charge is 0.341 e. The van der Waals surface area contributed by atoms with E-state index in [0.717, 1.165) is 27.5 Å². The molecule has 0 saturated carbocycles. The molecule has 4 rings (SSSR count). The quantitative estimate of drug-likeness (QED) is 0.187. The second-order valence-corrected chi connectivity index (χ2v) is 10.4. The van der Waals surface area contributed by atoms with Gasteiger partial charge in [-0.15, -0.1) is 34.0 Å². The lowest BCUT2D eigenvalue weighted by atomic mass is 10.1. The number of para-hydroxylation sites is 1. The maximum absolute atomic E-state index is 13.1. The number of carbonyl (C=O) groups is 2. The molecule has 0 aliphatic carbocycles. The van der Waals surface area contributed by atoms with Crippen molar-refractivity contribution in [3.05, 3.63) is 79.9 Å². The van der Waals surface area contributed by atoms with Crippen LogP contribution in [0.2, 0.25) is 0 Å². The van der Waals surface area contributed by atoms with Gasteiger partial charge in [-0.05, 0) is 49.4 Å². The molecule has 4 aromatic rings. The third-order valence-electron chi connectivity index (χ3n) is 5.20. The Balaban J connectivity index is 1.65. The molecule has 10 heteroatoms. The van der Waals surface area contributed by atoms with E-state index >= 15 is 0 Å². The second-order valence-electron chi connectivity index (χ2n) is 7.58. The number of hydrogen-bond donors (Lipinski definition) is 2. The van der Waals surface area contributed by atoms with E-state index in [1.807, 2.05) is 54.1 Å². The maximum Gasteiger partial charge on any atom is 0.341 e. The minimum atomic E-state index is -0.537. The van der Waals surface area contributed by atoms with Crippen LogP contribution in [0, 0.1) is 25.2 Å². The maximum atomic E-state index is 13.1. The summed E-state index contributed by atoms with van der Waals surface area (Å²) in [6.45, 7) is 5.54. The van der Waals surface area contributed by atoms with Crippen LogP contribution in [-0.4, -0.2) is 23.5 Å². The van der Waals surface area contributed by atoms with Gasteiger partial charge < -0.3 is 15.4 Å². The van der Waals surface area contributed by atoms with Crippen molar-refractivity contribution in [3.63, 3.8) is 0 Å². The highest BCUT2D eigenvalue weighted by Gasteiger charge is 2.26. The van der Waals surface area contributed by atoms with Gasteiger partial charge in [0.05, 0.1) is 27.6 Å². The van der Waals surface area contributed by atoms with Crippen LogP contribution in [0.25, 0.3) is 16.1 Å². The largest absolute Gasteiger partial charge is 0.462 e. The summed E-state index contributed by atoms with van der Waals surface area (Å²) < 4.78 is 5.24. The van der Waals surface area contributed by atoms with Crippen molar-refractivity contribution >= 4 is 62.1 Å². The topological polar surface area (TPSA) is 104 Å². The van der Waals surface area contributed by atoms with E-state index in [1.165, 1.54) is 17.5 Å². The van der Waals surface area contributed by atoms with E-state index < -0.39 is 5.97 Å². The van der Waals surface area contributed by atoms with Gasteiger partial charge in [0.25, 0.3) is 5.91 Å². The number of hydrogen-bond acceptors (Lipinski definition) is 9. The van der Waals surface area contributed by atoms with Crippen LogP contribution in [0.4, 0.5) is 10.7 Å². The molecule has 0 bridgehead atoms. The fraction of sp³-hybridized carbons (Fsp3) is 0.154. The Hall–Kier alpha value is -3.78. The van der Waals surface area contributed by atoms with Gasteiger partial charge in [0.15, 0.2) is 0 Å². The number of thiazole rings is 1. The van der Waals surface area contributed by atoms with Crippen LogP contribution in [-0.2, 0) is 4.74 Å². The SMILES string of the molecule is CCOC(=O)c1c(NC=C(C#N)c2nc(-c3cccs3)cs2)sc(C(=O)Nc2ccccc2C)c1C. The Morgan fingerprint density at radius 3 is 2.67 bits per heavy atom. The van der Waals surface area contributed by atoms with E-state index in [-0.39, 0.29) is 18.1 Å². The lowest BCUT2D eigenvalue weighted by Crippen LogP contribution is -2.13. The van der Waals surface area contributed by atoms with Gasteiger partial charge >= 0.3 is 5.97 Å². The number of aryl methyl sites for hydroxylation is 1. The van der Waals surface area contributed by atoms with Crippen LogP contribution in [0.5, 0.6) is 0 Å². The normalized spacial score (nSPS) is 11.1. The number of ether oxygens (including phenoxy) is 1. The fourth-order valence-electron chi connectivity index (χ4n) is 3.39. The Morgan fingerprint density at radius 1 is 1.17 bits per heavy atom. The van der Waals surface area contributed by atoms with Gasteiger partial charge in [-0.1, -0.05) is 24.3 Å². The summed E-state index contributed by atoms with van der Waals surface area (Å²) in [5.41, 5.74) is 3.52. The highest BCUT2D eigenvalue weighted by atomic mass is 32.1. The fourth-order valence-corrected chi connectivity index (χ4v) is 5.99. The standard InChI is InChI=1S/C26H22N4O3S3/c1-4-33-26(32)21-16(3)22(23(31)29-18-9-6-5-8-15(18)2)36-25(21)28-13-17(12-27)24-30-19(14-35-24)20-10-7-11-34-20/h5-11,13-14,28H,4H2,1-3H3,(H,29,31). The Labute approximate surface area is 220 Å². The summed E-state index contributed by atoms with van der Waals surface area (Å²) >= 11 is 4.07. The molecule has 1 aromatic carbocycles. The number of aromatic nitrogens is 1. The van der Waals surface area contributed by atoms with Crippen LogP contribution >= 0.6 is 34.0 Å². The number of nitrogens with zero attached hydrogens (tertiary/aromatic N) is 2. The number of carbonyl (C=O) groups excluding carboxylic acids is 2. The van der Waals surface area contributed by atoms with Gasteiger partial charge in [-0.25, -0.2) is 9.78 Å². The zero-order valence-corrected chi connectivity index (χ0v) is 22.2. The van der Waals surface area contributed by atoms with Crippen LogP contribution in [0.3, 0.4) is 0 Å². The molecular weight excluding hydrogens is 513 g/mol. The molecule has 0 unspecified atom stereocenters. The predicted octanol–water partition coefficient (Wildman–Crippen LogP) is 6.96. The van der Waals surface area contributed by atoms with E-state index in [4.69, 9.17) is 4.74 Å². The minimum absolute atomic E-state index is 0.197. The number of rotatable bonds is 8. The lowest BCUT2D eigenvalue weighted by molar-refractivity contribution is 0.0527. The molecule has 2 N–H and O–H groups in total. The molecule has 0 radical (unpaired) electrons. The Kier molecular flexibility index (Phi) is 7.95. The number of benzene rings is 1. The van der Waals surface area contributed by atoms with Crippen LogP contribution in [0.15, 0.2) is 53.4 Å². The lowest BCUT2D eigenvalue weighted by Gasteiger charge is -2.07. The van der Waals surface area contributed by atoms with Gasteiger partial charge in [0, 0.05) is 17.3 Å². The predicted molar refractivity (Wildman–Crippen MR) is 147 cm³/mol. The molecule has 3 heterocycles. The van der Waals surface area contributed by atoms with Crippen molar-refractivity contribution in [2.75, 3.05) is 17.2 Å². The van der Waals surface area contributed by atoms with Gasteiger partial charge in [0.1, 0.15) is 21.7 Å². The van der Waals surface area contributed by atoms with Crippen molar-refractivity contribution in [2.24, 2.45) is 0 Å². The Morgan fingerprint density at radius 2 is 1.97 bits per heavy atom. The zero-order chi connectivity index (χ0) is 25.7. The molecule has 0 saturated heterocycles. The molecule has 1 amide bonds. The first-order valence-electron chi connectivity index (χ1n) is 11.0. The van der Waals surface area contributed by atoms with Gasteiger partial charge in [-0.2, -0.15) is 5.26 Å². The highest BCUT2D eigenvalue weighted by Crippen LogP contribution is 2.35. The van der Waals surface area contributed by atoms with Gasteiger partial charge in [0.2, 0.25) is 0 Å². The summed E-state index contributed by atoms with van der Waals surface area (Å²) in [6, 6.07) is 13.6. The number of allylic oxidation sites excluding steroid dienone is 1. The van der Waals surface area contributed by atoms with Crippen molar-refractivity contribution < 1.29 is 14.3 Å². The number of thiophene rings is 2.